The fourth-order valence-corrected chi connectivity index (χ4v) is 3.09. The molecule has 0 aromatic heterocycles. The van der Waals surface area contributed by atoms with E-state index in [-0.39, 0.29) is 6.04 Å². The zero-order valence-corrected chi connectivity index (χ0v) is 12.6. The van der Waals surface area contributed by atoms with Crippen LogP contribution in [0.4, 0.5) is 4.79 Å². The number of rotatable bonds is 5. The fourth-order valence-electron chi connectivity index (χ4n) is 3.09. The quantitative estimate of drug-likeness (QED) is 0.774. The second-order valence-corrected chi connectivity index (χ2v) is 5.74. The van der Waals surface area contributed by atoms with Crippen molar-refractivity contribution in [3.63, 3.8) is 0 Å². The number of nitrogens with zero attached hydrogens (tertiary/aromatic N) is 1. The van der Waals surface area contributed by atoms with Gasteiger partial charge in [0.1, 0.15) is 5.75 Å². The molecular formula is C16H25N3O2. The van der Waals surface area contributed by atoms with Crippen LogP contribution in [0.5, 0.6) is 5.75 Å². The first kappa shape index (κ1) is 15.6. The van der Waals surface area contributed by atoms with Crippen molar-refractivity contribution in [2.75, 3.05) is 13.1 Å². The van der Waals surface area contributed by atoms with Gasteiger partial charge in [-0.15, -0.1) is 0 Å². The number of nitrogens with two attached hydrogens (primary N) is 1. The number of piperidine rings is 1. The fraction of sp³-hybridized carbons (Fsp3) is 0.562. The summed E-state index contributed by atoms with van der Waals surface area (Å²) in [7, 11) is 0. The summed E-state index contributed by atoms with van der Waals surface area (Å²) < 4.78 is 0. The lowest BCUT2D eigenvalue weighted by molar-refractivity contribution is 0.125. The van der Waals surface area contributed by atoms with E-state index in [4.69, 9.17) is 5.73 Å². The average molecular weight is 291 g/mol. The molecule has 2 rings (SSSR count). The van der Waals surface area contributed by atoms with E-state index < -0.39 is 6.03 Å². The molecule has 1 saturated heterocycles. The molecular weight excluding hydrogens is 266 g/mol. The van der Waals surface area contributed by atoms with Crippen molar-refractivity contribution in [1.82, 2.24) is 10.2 Å². The highest BCUT2D eigenvalue weighted by atomic mass is 16.3. The van der Waals surface area contributed by atoms with Crippen LogP contribution in [-0.4, -0.2) is 41.2 Å². The van der Waals surface area contributed by atoms with Gasteiger partial charge in [0.05, 0.1) is 0 Å². The van der Waals surface area contributed by atoms with E-state index in [1.165, 1.54) is 5.56 Å². The highest BCUT2D eigenvalue weighted by molar-refractivity contribution is 5.71. The van der Waals surface area contributed by atoms with E-state index in [0.717, 1.165) is 38.8 Å². The molecule has 0 radical (unpaired) electrons. The summed E-state index contributed by atoms with van der Waals surface area (Å²) in [4.78, 5) is 13.5. The molecule has 2 atom stereocenters. The maximum Gasteiger partial charge on any atom is 0.312 e. The molecule has 1 fully saturated rings. The van der Waals surface area contributed by atoms with E-state index in [1.54, 1.807) is 12.1 Å². The number of phenols is 1. The lowest BCUT2D eigenvalue weighted by Crippen LogP contribution is -2.51. The molecule has 0 bridgehead atoms. The van der Waals surface area contributed by atoms with E-state index in [0.29, 0.717) is 11.8 Å². The number of hydrogen-bond donors (Lipinski definition) is 3. The molecule has 0 unspecified atom stereocenters. The van der Waals surface area contributed by atoms with E-state index in [1.807, 2.05) is 12.1 Å². The Morgan fingerprint density at radius 1 is 1.43 bits per heavy atom. The minimum absolute atomic E-state index is 0.206. The van der Waals surface area contributed by atoms with E-state index in [9.17, 15) is 9.90 Å². The lowest BCUT2D eigenvalue weighted by Gasteiger charge is -2.39. The highest BCUT2D eigenvalue weighted by Crippen LogP contribution is 2.21. The molecule has 4 N–H and O–H groups in total. The molecule has 5 nitrogen and oxygen atoms in total. The Labute approximate surface area is 126 Å². The van der Waals surface area contributed by atoms with Crippen molar-refractivity contribution in [3.05, 3.63) is 29.8 Å². The number of nitrogens with one attached hydrogen (secondary N) is 1. The predicted molar refractivity (Wildman–Crippen MR) is 83.2 cm³/mol. The summed E-state index contributed by atoms with van der Waals surface area (Å²) in [5, 5.41) is 12.1. The molecule has 0 aliphatic carbocycles. The monoisotopic (exact) mass is 291 g/mol. The molecule has 116 valence electrons. The Bertz CT molecular complexity index is 461. The number of hydrogen-bond acceptors (Lipinski definition) is 3. The zero-order valence-electron chi connectivity index (χ0n) is 12.6. The van der Waals surface area contributed by atoms with Gasteiger partial charge in [-0.05, 0) is 43.4 Å². The van der Waals surface area contributed by atoms with E-state index >= 15 is 0 Å². The Kier molecular flexibility index (Phi) is 5.44. The molecule has 0 spiro atoms. The first-order valence-electron chi connectivity index (χ1n) is 7.66. The molecule has 1 heterocycles. The lowest BCUT2D eigenvalue weighted by atomic mass is 9.95. The molecule has 1 aromatic carbocycles. The third kappa shape index (κ3) is 4.63. The van der Waals surface area contributed by atoms with Crippen molar-refractivity contribution < 1.29 is 9.90 Å². The van der Waals surface area contributed by atoms with E-state index in [2.05, 4.69) is 17.1 Å². The highest BCUT2D eigenvalue weighted by Gasteiger charge is 2.27. The van der Waals surface area contributed by atoms with Crippen molar-refractivity contribution >= 4 is 6.03 Å². The van der Waals surface area contributed by atoms with Gasteiger partial charge in [0, 0.05) is 25.2 Å². The van der Waals surface area contributed by atoms with Crippen LogP contribution in [0, 0.1) is 0 Å². The molecule has 1 aliphatic rings. The van der Waals surface area contributed by atoms with Crippen molar-refractivity contribution in [1.29, 1.82) is 0 Å². The summed E-state index contributed by atoms with van der Waals surface area (Å²) in [6.45, 7) is 4.18. The Morgan fingerprint density at radius 3 is 2.76 bits per heavy atom. The second-order valence-electron chi connectivity index (χ2n) is 5.74. The maximum atomic E-state index is 11.0. The Hall–Kier alpha value is -1.75. The van der Waals surface area contributed by atoms with Gasteiger partial charge in [0.15, 0.2) is 0 Å². The summed E-state index contributed by atoms with van der Waals surface area (Å²) in [6.07, 6.45) is 3.97. The maximum absolute atomic E-state index is 11.0. The molecule has 1 aliphatic heterocycles. The number of amides is 2. The van der Waals surface area contributed by atoms with Gasteiger partial charge < -0.3 is 16.2 Å². The van der Waals surface area contributed by atoms with Crippen LogP contribution in [0.3, 0.4) is 0 Å². The average Bonchev–Trinajstić information content (AvgIpc) is 2.47. The number of phenolic OH excluding ortho intramolecular Hbond substituents is 1. The van der Waals surface area contributed by atoms with Gasteiger partial charge >= 0.3 is 6.03 Å². The van der Waals surface area contributed by atoms with Crippen molar-refractivity contribution in [2.24, 2.45) is 5.73 Å². The minimum atomic E-state index is -0.424. The van der Waals surface area contributed by atoms with Crippen LogP contribution in [0.2, 0.25) is 0 Å². The number of likely N-dealkylation sites (tertiary alicyclic amines) is 1. The number of carbonyl (C=O) groups is 1. The van der Waals surface area contributed by atoms with Gasteiger partial charge in [-0.3, -0.25) is 4.90 Å². The third-order valence-corrected chi connectivity index (χ3v) is 4.28. The van der Waals surface area contributed by atoms with Crippen LogP contribution in [0.15, 0.2) is 24.3 Å². The summed E-state index contributed by atoms with van der Waals surface area (Å²) in [6, 6.07) is 7.68. The standard InChI is InChI=1S/C16H25N3O2/c1-2-14-11-13(18-16(17)21)8-10-19(14)9-7-12-3-5-15(20)6-4-12/h3-6,13-14,20H,2,7-11H2,1H3,(H3,17,18,21)/t13-,14-/m0/s1. The van der Waals surface area contributed by atoms with Gasteiger partial charge in [-0.1, -0.05) is 19.1 Å². The number of benzene rings is 1. The van der Waals surface area contributed by atoms with Crippen LogP contribution in [0.25, 0.3) is 0 Å². The largest absolute Gasteiger partial charge is 0.508 e. The van der Waals surface area contributed by atoms with Gasteiger partial charge in [-0.2, -0.15) is 0 Å². The molecule has 0 saturated carbocycles. The van der Waals surface area contributed by atoms with Gasteiger partial charge in [0.25, 0.3) is 0 Å². The number of carbonyl (C=O) groups excluding carboxylic acids is 1. The second kappa shape index (κ2) is 7.31. The summed E-state index contributed by atoms with van der Waals surface area (Å²) in [5.41, 5.74) is 6.44. The first-order valence-corrected chi connectivity index (χ1v) is 7.66. The van der Waals surface area contributed by atoms with Gasteiger partial charge in [-0.25, -0.2) is 4.79 Å². The Morgan fingerprint density at radius 2 is 2.14 bits per heavy atom. The van der Waals surface area contributed by atoms with Crippen molar-refractivity contribution in [3.8, 4) is 5.75 Å². The van der Waals surface area contributed by atoms with Gasteiger partial charge in [0.2, 0.25) is 0 Å². The third-order valence-electron chi connectivity index (χ3n) is 4.28. The first-order chi connectivity index (χ1) is 10.1. The number of aromatic hydroxyl groups is 1. The summed E-state index contributed by atoms with van der Waals surface area (Å²) >= 11 is 0. The van der Waals surface area contributed by atoms with Crippen molar-refractivity contribution in [2.45, 2.75) is 44.7 Å². The van der Waals surface area contributed by atoms with Crippen LogP contribution >= 0.6 is 0 Å². The summed E-state index contributed by atoms with van der Waals surface area (Å²) in [5.74, 6) is 0.309. The normalized spacial score (nSPS) is 22.9. The molecule has 21 heavy (non-hydrogen) atoms. The SMILES string of the molecule is CC[C@H]1C[C@@H](NC(N)=O)CCN1CCc1ccc(O)cc1. The molecule has 1 aromatic rings. The Balaban J connectivity index is 1.85. The van der Waals surface area contributed by atoms with Crippen LogP contribution in [0.1, 0.15) is 31.7 Å². The zero-order chi connectivity index (χ0) is 15.2. The topological polar surface area (TPSA) is 78.6 Å². The van der Waals surface area contributed by atoms with Crippen LogP contribution < -0.4 is 11.1 Å². The number of urea groups is 1. The smallest absolute Gasteiger partial charge is 0.312 e. The number of primary amides is 1. The molecule has 5 heteroatoms. The predicted octanol–water partition coefficient (Wildman–Crippen LogP) is 1.85. The molecule has 2 amide bonds. The minimum Gasteiger partial charge on any atom is -0.508 e. The van der Waals surface area contributed by atoms with Crippen LogP contribution in [-0.2, 0) is 6.42 Å².